The number of hydrogen-bond donors (Lipinski definition) is 1. The van der Waals surface area contributed by atoms with Crippen LogP contribution in [0.15, 0.2) is 24.3 Å². The van der Waals surface area contributed by atoms with Gasteiger partial charge < -0.3 is 4.74 Å². The molecule has 0 amide bonds. The molecule has 0 radical (unpaired) electrons. The lowest BCUT2D eigenvalue weighted by Gasteiger charge is -2.55. The minimum absolute atomic E-state index is 0.0376. The Balaban J connectivity index is 1.40. The number of alkyl halides is 1. The quantitative estimate of drug-likeness (QED) is 0.272. The maximum absolute atomic E-state index is 13.8. The van der Waals surface area contributed by atoms with Gasteiger partial charge in [0, 0.05) is 17.4 Å². The summed E-state index contributed by atoms with van der Waals surface area (Å²) in [5, 5.41) is 7.40. The molecular weight excluding hydrogens is 538 g/mol. The highest BCUT2D eigenvalue weighted by Crippen LogP contribution is 2.57. The number of aryl methyl sites for hydroxylation is 1. The molecule has 3 aliphatic carbocycles. The summed E-state index contributed by atoms with van der Waals surface area (Å²) in [7, 11) is 0. The number of nitrogens with one attached hydrogen (secondary N) is 1. The first kappa shape index (κ1) is 27.9. The lowest BCUT2D eigenvalue weighted by atomic mass is 9.52. The molecule has 3 fully saturated rings. The molecule has 1 N–H and O–H groups in total. The molecule has 1 aromatic heterocycles. The zero-order valence-electron chi connectivity index (χ0n) is 23.8. The van der Waals surface area contributed by atoms with Gasteiger partial charge in [-0.1, -0.05) is 105 Å². The SMILES string of the molecule is Cc1ccc(-c2n[nH]c(C(Br)C(=O)OC3C(C4(C)CCCCC4)CC(C)CC3C3(C)CCCCC3)n2)cc1. The topological polar surface area (TPSA) is 67.9 Å². The van der Waals surface area contributed by atoms with Gasteiger partial charge in [0.25, 0.3) is 0 Å². The average Bonchev–Trinajstić information content (AvgIpc) is 3.40. The Morgan fingerprint density at radius 2 is 1.47 bits per heavy atom. The largest absolute Gasteiger partial charge is 0.461 e. The Hall–Kier alpha value is -1.69. The van der Waals surface area contributed by atoms with Gasteiger partial charge in [-0.15, -0.1) is 0 Å². The summed E-state index contributed by atoms with van der Waals surface area (Å²) in [5.41, 5.74) is 2.61. The Morgan fingerprint density at radius 1 is 0.947 bits per heavy atom. The van der Waals surface area contributed by atoms with Gasteiger partial charge in [-0.2, -0.15) is 5.10 Å². The number of benzene rings is 1. The normalized spacial score (nSPS) is 29.9. The summed E-state index contributed by atoms with van der Waals surface area (Å²) in [6.45, 7) is 9.48. The van der Waals surface area contributed by atoms with E-state index in [1.54, 1.807) is 0 Å². The predicted molar refractivity (Wildman–Crippen MR) is 156 cm³/mol. The van der Waals surface area contributed by atoms with Gasteiger partial charge in [0.15, 0.2) is 10.7 Å². The van der Waals surface area contributed by atoms with Crippen LogP contribution in [-0.4, -0.2) is 27.3 Å². The minimum atomic E-state index is -0.659. The van der Waals surface area contributed by atoms with Crippen LogP contribution in [0.25, 0.3) is 11.4 Å². The zero-order chi connectivity index (χ0) is 26.9. The molecule has 5 nitrogen and oxygen atoms in total. The number of rotatable bonds is 6. The van der Waals surface area contributed by atoms with E-state index in [4.69, 9.17) is 4.74 Å². The van der Waals surface area contributed by atoms with E-state index in [9.17, 15) is 4.79 Å². The van der Waals surface area contributed by atoms with Crippen molar-refractivity contribution in [3.63, 3.8) is 0 Å². The highest BCUT2D eigenvalue weighted by atomic mass is 79.9. The first-order chi connectivity index (χ1) is 18.2. The third kappa shape index (κ3) is 5.76. The van der Waals surface area contributed by atoms with E-state index in [-0.39, 0.29) is 22.9 Å². The molecule has 3 aliphatic rings. The van der Waals surface area contributed by atoms with Gasteiger partial charge in [-0.05, 0) is 62.2 Å². The summed E-state index contributed by atoms with van der Waals surface area (Å²) in [6.07, 6.45) is 15.1. The maximum Gasteiger partial charge on any atom is 0.327 e. The van der Waals surface area contributed by atoms with Crippen LogP contribution in [0.1, 0.15) is 114 Å². The molecule has 1 aromatic carbocycles. The fourth-order valence-electron chi connectivity index (χ4n) is 8.02. The number of ether oxygens (including phenoxy) is 1. The van der Waals surface area contributed by atoms with Crippen LogP contribution in [-0.2, 0) is 9.53 Å². The van der Waals surface area contributed by atoms with E-state index in [1.807, 2.05) is 24.3 Å². The standard InChI is InChI=1S/C32H46BrN3O2/c1-21-11-13-23(14-12-21)28-34-29(36-35-28)26(33)30(37)38-27-24(31(3)15-7-5-8-16-31)19-22(2)20-25(27)32(4)17-9-6-10-18-32/h11-14,22,24-27H,5-10,15-20H2,1-4H3,(H,34,35,36). The second-order valence-electron chi connectivity index (χ2n) is 13.4. The van der Waals surface area contributed by atoms with Crippen molar-refractivity contribution < 1.29 is 9.53 Å². The van der Waals surface area contributed by atoms with E-state index in [0.717, 1.165) is 18.4 Å². The fourth-order valence-corrected chi connectivity index (χ4v) is 8.34. The molecule has 0 spiro atoms. The zero-order valence-corrected chi connectivity index (χ0v) is 25.4. The van der Waals surface area contributed by atoms with Crippen LogP contribution in [0, 0.1) is 35.5 Å². The maximum atomic E-state index is 13.8. The second kappa shape index (κ2) is 11.4. The molecule has 2 aromatic rings. The van der Waals surface area contributed by atoms with Crippen molar-refractivity contribution in [2.75, 3.05) is 0 Å². The fraction of sp³-hybridized carbons (Fsp3) is 0.719. The second-order valence-corrected chi connectivity index (χ2v) is 14.3. The molecule has 3 saturated carbocycles. The summed E-state index contributed by atoms with van der Waals surface area (Å²) in [5.74, 6) is 2.38. The van der Waals surface area contributed by atoms with Gasteiger partial charge in [0.2, 0.25) is 0 Å². The number of halogens is 1. The number of esters is 1. The number of carbonyl (C=O) groups is 1. The number of aromatic amines is 1. The van der Waals surface area contributed by atoms with Crippen molar-refractivity contribution in [3.05, 3.63) is 35.7 Å². The summed E-state index contributed by atoms with van der Waals surface area (Å²) in [6, 6.07) is 8.12. The van der Waals surface area contributed by atoms with Crippen molar-refractivity contribution in [1.29, 1.82) is 0 Å². The van der Waals surface area contributed by atoms with E-state index >= 15 is 0 Å². The van der Waals surface area contributed by atoms with Crippen LogP contribution in [0.3, 0.4) is 0 Å². The van der Waals surface area contributed by atoms with Crippen molar-refractivity contribution in [3.8, 4) is 11.4 Å². The van der Waals surface area contributed by atoms with E-state index < -0.39 is 4.83 Å². The number of carbonyl (C=O) groups excluding carboxylic acids is 1. The van der Waals surface area contributed by atoms with Gasteiger partial charge in [0.05, 0.1) is 0 Å². The van der Waals surface area contributed by atoms with Crippen LogP contribution in [0.4, 0.5) is 0 Å². The molecule has 3 unspecified atom stereocenters. The smallest absolute Gasteiger partial charge is 0.327 e. The first-order valence-electron chi connectivity index (χ1n) is 15.0. The summed E-state index contributed by atoms with van der Waals surface area (Å²) >= 11 is 3.64. The molecule has 38 heavy (non-hydrogen) atoms. The monoisotopic (exact) mass is 583 g/mol. The summed E-state index contributed by atoms with van der Waals surface area (Å²) < 4.78 is 6.68. The molecule has 0 bridgehead atoms. The molecule has 3 atom stereocenters. The van der Waals surface area contributed by atoms with Crippen LogP contribution >= 0.6 is 15.9 Å². The molecule has 208 valence electrons. The lowest BCUT2D eigenvalue weighted by Crippen LogP contribution is -2.53. The van der Waals surface area contributed by atoms with Gasteiger partial charge >= 0.3 is 5.97 Å². The van der Waals surface area contributed by atoms with Crippen LogP contribution in [0.5, 0.6) is 0 Å². The third-order valence-electron chi connectivity index (χ3n) is 10.4. The molecule has 6 heteroatoms. The van der Waals surface area contributed by atoms with Crippen molar-refractivity contribution in [2.45, 2.75) is 116 Å². The Bertz CT molecular complexity index is 1050. The number of nitrogens with zero attached hydrogens (tertiary/aromatic N) is 2. The Labute approximate surface area is 237 Å². The predicted octanol–water partition coefficient (Wildman–Crippen LogP) is 8.73. The van der Waals surface area contributed by atoms with Crippen molar-refractivity contribution >= 4 is 21.9 Å². The number of aromatic nitrogens is 3. The molecular formula is C32H46BrN3O2. The molecule has 0 saturated heterocycles. The molecule has 1 heterocycles. The van der Waals surface area contributed by atoms with Crippen LogP contribution < -0.4 is 0 Å². The van der Waals surface area contributed by atoms with E-state index in [0.29, 0.717) is 29.4 Å². The van der Waals surface area contributed by atoms with E-state index in [1.165, 1.54) is 69.8 Å². The van der Waals surface area contributed by atoms with Gasteiger partial charge in [0.1, 0.15) is 11.9 Å². The van der Waals surface area contributed by atoms with Crippen molar-refractivity contribution in [2.24, 2.45) is 28.6 Å². The summed E-state index contributed by atoms with van der Waals surface area (Å²) in [4.78, 5) is 17.8. The number of hydrogen-bond acceptors (Lipinski definition) is 4. The highest BCUT2D eigenvalue weighted by Gasteiger charge is 2.53. The van der Waals surface area contributed by atoms with Gasteiger partial charge in [-0.3, -0.25) is 9.89 Å². The molecule has 0 aliphatic heterocycles. The molecule has 5 rings (SSSR count). The Morgan fingerprint density at radius 3 is 2.00 bits per heavy atom. The van der Waals surface area contributed by atoms with E-state index in [2.05, 4.69) is 58.8 Å². The highest BCUT2D eigenvalue weighted by molar-refractivity contribution is 9.09. The minimum Gasteiger partial charge on any atom is -0.461 e. The lowest BCUT2D eigenvalue weighted by molar-refractivity contribution is -0.175. The van der Waals surface area contributed by atoms with Crippen LogP contribution in [0.2, 0.25) is 0 Å². The Kier molecular flexibility index (Phi) is 8.38. The number of H-pyrrole nitrogens is 1. The third-order valence-corrected chi connectivity index (χ3v) is 11.2. The first-order valence-corrected chi connectivity index (χ1v) is 15.9. The van der Waals surface area contributed by atoms with Crippen molar-refractivity contribution in [1.82, 2.24) is 15.2 Å². The average molecular weight is 585 g/mol. The van der Waals surface area contributed by atoms with Gasteiger partial charge in [-0.25, -0.2) is 4.98 Å².